The number of benzene rings is 6. The average molecular weight is 527 g/mol. The molecule has 40 heavy (non-hydrogen) atoms. The fourth-order valence-electron chi connectivity index (χ4n) is 7.44. The molecule has 0 bridgehead atoms. The molecule has 0 nitrogen and oxygen atoms in total. The molecule has 6 aromatic rings. The van der Waals surface area contributed by atoms with Crippen LogP contribution in [-0.4, -0.2) is 0 Å². The molecule has 0 fully saturated rings. The fourth-order valence-corrected chi connectivity index (χ4v) is 10.3. The summed E-state index contributed by atoms with van der Waals surface area (Å²) in [6.45, 7) is 0. The van der Waals surface area contributed by atoms with E-state index in [0.717, 1.165) is 19.3 Å². The Hall–Kier alpha value is -4.25. The number of hydrogen-bond acceptors (Lipinski definition) is 0. The van der Waals surface area contributed by atoms with E-state index in [1.54, 1.807) is 0 Å². The van der Waals surface area contributed by atoms with Crippen molar-refractivity contribution in [3.8, 4) is 33.4 Å². The second-order valence-corrected chi connectivity index (χ2v) is 13.4. The standard InChI is InChI=1S/C39H27P/c1-4-13-28-25(10-1)22-34-31(28)16-7-19-37(34)40(38-20-8-17-32-29-14-5-2-11-26(29)23-35(32)38)39-21-9-18-33-30-15-6-3-12-27(30)24-36(33)39/h1-21H,22-24H2. The third kappa shape index (κ3) is 3.18. The quantitative estimate of drug-likeness (QED) is 0.204. The van der Waals surface area contributed by atoms with Crippen molar-refractivity contribution in [1.29, 1.82) is 0 Å². The zero-order valence-electron chi connectivity index (χ0n) is 22.2. The van der Waals surface area contributed by atoms with Crippen LogP contribution in [0.2, 0.25) is 0 Å². The lowest BCUT2D eigenvalue weighted by Crippen LogP contribution is -2.27. The Balaban J connectivity index is 1.31. The summed E-state index contributed by atoms with van der Waals surface area (Å²) in [4.78, 5) is 0. The van der Waals surface area contributed by atoms with E-state index in [2.05, 4.69) is 127 Å². The molecule has 0 amide bonds. The molecule has 0 aliphatic heterocycles. The molecule has 0 heterocycles. The monoisotopic (exact) mass is 526 g/mol. The predicted molar refractivity (Wildman–Crippen MR) is 170 cm³/mol. The number of rotatable bonds is 3. The van der Waals surface area contributed by atoms with E-state index in [4.69, 9.17) is 0 Å². The lowest BCUT2D eigenvalue weighted by atomic mass is 10.1. The Morgan fingerprint density at radius 3 is 0.950 bits per heavy atom. The minimum absolute atomic E-state index is 0.762. The molecular weight excluding hydrogens is 499 g/mol. The molecule has 0 unspecified atom stereocenters. The largest absolute Gasteiger partial charge is 0.0619 e. The molecule has 1 heteroatoms. The van der Waals surface area contributed by atoms with Gasteiger partial charge in [-0.05, 0) is 110 Å². The molecule has 0 N–H and O–H groups in total. The van der Waals surface area contributed by atoms with Crippen LogP contribution in [0.1, 0.15) is 33.4 Å². The summed E-state index contributed by atoms with van der Waals surface area (Å²) < 4.78 is 0. The van der Waals surface area contributed by atoms with Crippen LogP contribution >= 0.6 is 7.92 Å². The topological polar surface area (TPSA) is 0 Å². The van der Waals surface area contributed by atoms with Gasteiger partial charge < -0.3 is 0 Å². The van der Waals surface area contributed by atoms with E-state index in [1.165, 1.54) is 82.7 Å². The van der Waals surface area contributed by atoms with Gasteiger partial charge in [0.2, 0.25) is 0 Å². The molecule has 0 spiro atoms. The maximum absolute atomic E-state index is 2.44. The van der Waals surface area contributed by atoms with Crippen LogP contribution in [0.3, 0.4) is 0 Å². The first kappa shape index (κ1) is 22.6. The molecule has 0 radical (unpaired) electrons. The van der Waals surface area contributed by atoms with Gasteiger partial charge in [-0.15, -0.1) is 0 Å². The summed E-state index contributed by atoms with van der Waals surface area (Å²) in [6.07, 6.45) is 3.06. The Labute approximate surface area is 236 Å². The van der Waals surface area contributed by atoms with E-state index < -0.39 is 7.92 Å². The molecule has 188 valence electrons. The van der Waals surface area contributed by atoms with E-state index in [1.807, 2.05) is 0 Å². The first-order valence-corrected chi connectivity index (χ1v) is 15.6. The molecule has 3 aliphatic rings. The zero-order chi connectivity index (χ0) is 26.2. The number of hydrogen-bond donors (Lipinski definition) is 0. The lowest BCUT2D eigenvalue weighted by molar-refractivity contribution is 1.27. The van der Waals surface area contributed by atoms with E-state index in [0.29, 0.717) is 0 Å². The summed E-state index contributed by atoms with van der Waals surface area (Å²) in [5, 5.41) is 4.58. The van der Waals surface area contributed by atoms with Gasteiger partial charge >= 0.3 is 0 Å². The van der Waals surface area contributed by atoms with Crippen molar-refractivity contribution in [2.45, 2.75) is 19.3 Å². The van der Waals surface area contributed by atoms with Gasteiger partial charge in [0.15, 0.2) is 0 Å². The normalized spacial score (nSPS) is 13.4. The second kappa shape index (κ2) is 8.62. The molecule has 0 aromatic heterocycles. The molecule has 0 saturated heterocycles. The van der Waals surface area contributed by atoms with Crippen LogP contribution in [0.15, 0.2) is 127 Å². The lowest BCUT2D eigenvalue weighted by Gasteiger charge is -2.26. The van der Waals surface area contributed by atoms with Gasteiger partial charge in [0.05, 0.1) is 0 Å². The molecule has 3 aliphatic carbocycles. The highest BCUT2D eigenvalue weighted by Gasteiger charge is 2.33. The van der Waals surface area contributed by atoms with Crippen molar-refractivity contribution < 1.29 is 0 Å². The Morgan fingerprint density at radius 2 is 0.600 bits per heavy atom. The molecular formula is C39H27P. The van der Waals surface area contributed by atoms with Crippen molar-refractivity contribution in [3.05, 3.63) is 161 Å². The maximum Gasteiger partial charge on any atom is -0.000688 e. The summed E-state index contributed by atoms with van der Waals surface area (Å²) >= 11 is 0. The van der Waals surface area contributed by atoms with Crippen molar-refractivity contribution in [3.63, 3.8) is 0 Å². The second-order valence-electron chi connectivity index (χ2n) is 11.2. The molecule has 0 atom stereocenters. The highest BCUT2D eigenvalue weighted by atomic mass is 31.1. The first-order chi connectivity index (χ1) is 19.8. The van der Waals surface area contributed by atoms with Gasteiger partial charge in [0.1, 0.15) is 0 Å². The van der Waals surface area contributed by atoms with Crippen LogP contribution in [0.25, 0.3) is 33.4 Å². The maximum atomic E-state index is 2.44. The summed E-state index contributed by atoms with van der Waals surface area (Å²) in [5.41, 5.74) is 17.4. The van der Waals surface area contributed by atoms with E-state index in [9.17, 15) is 0 Å². The van der Waals surface area contributed by atoms with Crippen molar-refractivity contribution in [1.82, 2.24) is 0 Å². The first-order valence-electron chi connectivity index (χ1n) is 14.3. The Kier molecular flexibility index (Phi) is 4.86. The summed E-state index contributed by atoms with van der Waals surface area (Å²) in [6, 6.07) is 48.3. The SMILES string of the molecule is c1ccc2c(c1)Cc1c-2cccc1P(c1cccc2c1Cc1ccccc1-2)c1cccc2c1Cc1ccccc1-2. The van der Waals surface area contributed by atoms with Crippen LogP contribution < -0.4 is 15.9 Å². The van der Waals surface area contributed by atoms with Gasteiger partial charge in [-0.25, -0.2) is 0 Å². The minimum atomic E-state index is -0.762. The van der Waals surface area contributed by atoms with Gasteiger partial charge in [-0.1, -0.05) is 127 Å². The molecule has 9 rings (SSSR count). The van der Waals surface area contributed by atoms with Crippen LogP contribution in [-0.2, 0) is 19.3 Å². The fraction of sp³-hybridized carbons (Fsp3) is 0.0769. The van der Waals surface area contributed by atoms with Gasteiger partial charge in [0, 0.05) is 0 Å². The van der Waals surface area contributed by atoms with Gasteiger partial charge in [0.25, 0.3) is 0 Å². The number of fused-ring (bicyclic) bond motifs is 9. The van der Waals surface area contributed by atoms with Crippen LogP contribution in [0.5, 0.6) is 0 Å². The van der Waals surface area contributed by atoms with Crippen molar-refractivity contribution in [2.24, 2.45) is 0 Å². The van der Waals surface area contributed by atoms with Gasteiger partial charge in [-0.2, -0.15) is 0 Å². The summed E-state index contributed by atoms with van der Waals surface area (Å²) in [5.74, 6) is 0. The highest BCUT2D eigenvalue weighted by Crippen LogP contribution is 2.48. The van der Waals surface area contributed by atoms with E-state index >= 15 is 0 Å². The van der Waals surface area contributed by atoms with Gasteiger partial charge in [-0.3, -0.25) is 0 Å². The predicted octanol–water partition coefficient (Wildman–Crippen LogP) is 8.16. The highest BCUT2D eigenvalue weighted by molar-refractivity contribution is 7.80. The van der Waals surface area contributed by atoms with Crippen LogP contribution in [0, 0.1) is 0 Å². The smallest absolute Gasteiger partial charge is 0.000688 e. The van der Waals surface area contributed by atoms with E-state index in [-0.39, 0.29) is 0 Å². The zero-order valence-corrected chi connectivity index (χ0v) is 23.1. The van der Waals surface area contributed by atoms with Crippen molar-refractivity contribution in [2.75, 3.05) is 0 Å². The Morgan fingerprint density at radius 1 is 0.300 bits per heavy atom. The summed E-state index contributed by atoms with van der Waals surface area (Å²) in [7, 11) is -0.762. The third-order valence-electron chi connectivity index (χ3n) is 9.20. The Bertz CT molecular complexity index is 1760. The van der Waals surface area contributed by atoms with Crippen LogP contribution in [0.4, 0.5) is 0 Å². The van der Waals surface area contributed by atoms with Crippen molar-refractivity contribution >= 4 is 23.8 Å². The minimum Gasteiger partial charge on any atom is -0.0619 e. The average Bonchev–Trinajstić information content (AvgIpc) is 3.70. The third-order valence-corrected chi connectivity index (χ3v) is 11.9. The molecule has 0 saturated carbocycles. The molecule has 6 aromatic carbocycles.